The average molecular weight is 612 g/mol. The van der Waals surface area contributed by atoms with Crippen molar-refractivity contribution in [3.05, 3.63) is 29.8 Å². The maximum Gasteiger partial charge on any atom is 0.251 e. The van der Waals surface area contributed by atoms with Crippen molar-refractivity contribution in [2.75, 3.05) is 26.3 Å². The maximum absolute atomic E-state index is 13.6. The van der Waals surface area contributed by atoms with Crippen LogP contribution in [0.25, 0.3) is 0 Å². The average Bonchev–Trinajstić information content (AvgIpc) is 3.49. The first-order valence-corrected chi connectivity index (χ1v) is 14.1. The number of amides is 4. The Kier molecular flexibility index (Phi) is 12.6. The van der Waals surface area contributed by atoms with Gasteiger partial charge in [0.05, 0.1) is 13.2 Å². The van der Waals surface area contributed by atoms with Crippen LogP contribution in [0, 0.1) is 0 Å². The summed E-state index contributed by atoms with van der Waals surface area (Å²) in [6, 6.07) is 2.42. The molecule has 43 heavy (non-hydrogen) atoms. The number of aliphatic hydroxyl groups excluding tert-OH is 5. The molecule has 8 atom stereocenters. The Hall–Kier alpha value is -3.38. The fourth-order valence-electron chi connectivity index (χ4n) is 4.95. The molecule has 240 valence electrons. The molecule has 16 nitrogen and oxygen atoms in total. The predicted octanol–water partition coefficient (Wildman–Crippen LogP) is -3.95. The van der Waals surface area contributed by atoms with Crippen LogP contribution in [0.2, 0.25) is 0 Å². The summed E-state index contributed by atoms with van der Waals surface area (Å²) in [6.07, 6.45) is -5.09. The van der Waals surface area contributed by atoms with E-state index in [2.05, 4.69) is 10.6 Å². The number of primary amides is 1. The van der Waals surface area contributed by atoms with E-state index < -0.39 is 85.7 Å². The molecular formula is C27H41N5O11. The fraction of sp³-hybridized carbons (Fsp3) is 0.630. The second-order valence-corrected chi connectivity index (χ2v) is 10.5. The van der Waals surface area contributed by atoms with Crippen LogP contribution in [0.1, 0.15) is 42.5 Å². The number of likely N-dealkylation sites (tertiary alicyclic amines) is 1. The van der Waals surface area contributed by atoms with Crippen molar-refractivity contribution in [1.29, 1.82) is 0 Å². The SMILES string of the molecule is NCCCC[C@H](NC(=O)c1ccc(O[C@@H]2O[C@H](CO)[C@H](O)[C@H](O)[C@H]2O)cc1)C(=O)N1CCC[C@H]1C(=O)N[C@@H](CO)C(N)=O. The van der Waals surface area contributed by atoms with Crippen LogP contribution in [0.3, 0.4) is 0 Å². The molecule has 16 heteroatoms. The normalized spacial score (nSPS) is 26.8. The van der Waals surface area contributed by atoms with Crippen LogP contribution in [0.4, 0.5) is 0 Å². The monoisotopic (exact) mass is 611 g/mol. The number of hydrogen-bond donors (Lipinski definition) is 9. The van der Waals surface area contributed by atoms with Crippen molar-refractivity contribution in [3.63, 3.8) is 0 Å². The minimum atomic E-state index is -1.62. The van der Waals surface area contributed by atoms with Gasteiger partial charge >= 0.3 is 0 Å². The minimum Gasteiger partial charge on any atom is -0.462 e. The third-order valence-electron chi connectivity index (χ3n) is 7.45. The molecule has 1 aromatic carbocycles. The highest BCUT2D eigenvalue weighted by Gasteiger charge is 2.45. The number of nitrogens with zero attached hydrogens (tertiary/aromatic N) is 1. The summed E-state index contributed by atoms with van der Waals surface area (Å²) >= 11 is 0. The largest absolute Gasteiger partial charge is 0.462 e. The second kappa shape index (κ2) is 15.9. The highest BCUT2D eigenvalue weighted by atomic mass is 16.7. The molecule has 2 fully saturated rings. The van der Waals surface area contributed by atoms with Gasteiger partial charge in [0.15, 0.2) is 0 Å². The molecule has 0 radical (unpaired) electrons. The molecule has 1 aromatic rings. The Bertz CT molecular complexity index is 1110. The smallest absolute Gasteiger partial charge is 0.251 e. The highest BCUT2D eigenvalue weighted by molar-refractivity contribution is 5.99. The quantitative estimate of drug-likeness (QED) is 0.0913. The molecule has 0 saturated carbocycles. The van der Waals surface area contributed by atoms with Crippen molar-refractivity contribution in [3.8, 4) is 5.75 Å². The van der Waals surface area contributed by atoms with Crippen molar-refractivity contribution in [2.45, 2.75) is 80.9 Å². The molecule has 3 rings (SSSR count). The fourth-order valence-corrected chi connectivity index (χ4v) is 4.95. The number of ether oxygens (including phenoxy) is 2. The zero-order valence-corrected chi connectivity index (χ0v) is 23.6. The van der Waals surface area contributed by atoms with Gasteiger partial charge in [-0.15, -0.1) is 0 Å². The molecule has 2 saturated heterocycles. The lowest BCUT2D eigenvalue weighted by Crippen LogP contribution is -2.60. The Labute approximate surface area is 247 Å². The number of unbranched alkanes of at least 4 members (excludes halogenated alkanes) is 1. The Morgan fingerprint density at radius 1 is 1.00 bits per heavy atom. The summed E-state index contributed by atoms with van der Waals surface area (Å²) in [5, 5.41) is 53.8. The Morgan fingerprint density at radius 3 is 2.30 bits per heavy atom. The molecule has 11 N–H and O–H groups in total. The summed E-state index contributed by atoms with van der Waals surface area (Å²) in [4.78, 5) is 52.3. The number of aliphatic hydroxyl groups is 5. The van der Waals surface area contributed by atoms with Crippen molar-refractivity contribution in [2.24, 2.45) is 11.5 Å². The number of benzene rings is 1. The topological polar surface area (TPSA) is 267 Å². The highest BCUT2D eigenvalue weighted by Crippen LogP contribution is 2.25. The van der Waals surface area contributed by atoms with Gasteiger partial charge in [-0.1, -0.05) is 0 Å². The molecule has 0 spiro atoms. The molecule has 0 bridgehead atoms. The zero-order valence-electron chi connectivity index (χ0n) is 23.6. The first kappa shape index (κ1) is 34.1. The third kappa shape index (κ3) is 8.60. The standard InChI is InChI=1S/C27H41N5O11/c28-10-2-1-4-16(26(41)32-11-3-5-18(32)25(40)31-17(12-33)23(29)38)30-24(39)14-6-8-15(9-7-14)42-27-22(37)21(36)20(35)19(13-34)43-27/h6-9,16-22,27,33-37H,1-5,10-13,28H2,(H2,29,38)(H,30,39)(H,31,40)/t16-,17-,18-,19+,20-,21-,22+,27+/m0/s1. The summed E-state index contributed by atoms with van der Waals surface area (Å²) in [5.74, 6) is -2.46. The van der Waals surface area contributed by atoms with E-state index in [1.807, 2.05) is 0 Å². The van der Waals surface area contributed by atoms with Gasteiger partial charge < -0.3 is 62.0 Å². The molecule has 2 aliphatic rings. The van der Waals surface area contributed by atoms with E-state index in [0.29, 0.717) is 32.2 Å². The van der Waals surface area contributed by atoms with Crippen LogP contribution in [-0.4, -0.2) is 129 Å². The van der Waals surface area contributed by atoms with Crippen molar-refractivity contribution >= 4 is 23.6 Å². The number of nitrogens with one attached hydrogen (secondary N) is 2. The molecular weight excluding hydrogens is 570 g/mol. The van der Waals surface area contributed by atoms with E-state index in [-0.39, 0.29) is 24.3 Å². The Balaban J connectivity index is 1.68. The van der Waals surface area contributed by atoms with Gasteiger partial charge in [-0.3, -0.25) is 19.2 Å². The van der Waals surface area contributed by atoms with Gasteiger partial charge in [0, 0.05) is 12.1 Å². The number of hydrogen-bond acceptors (Lipinski definition) is 12. The van der Waals surface area contributed by atoms with Crippen LogP contribution in [0.5, 0.6) is 5.75 Å². The summed E-state index contributed by atoms with van der Waals surface area (Å²) < 4.78 is 10.9. The van der Waals surface area contributed by atoms with Gasteiger partial charge in [0.2, 0.25) is 24.0 Å². The zero-order chi connectivity index (χ0) is 31.7. The number of carbonyl (C=O) groups excluding carboxylic acids is 4. The molecule has 0 aliphatic carbocycles. The first-order chi connectivity index (χ1) is 20.5. The van der Waals surface area contributed by atoms with E-state index in [1.54, 1.807) is 0 Å². The Morgan fingerprint density at radius 2 is 1.70 bits per heavy atom. The lowest BCUT2D eigenvalue weighted by Gasteiger charge is -2.39. The van der Waals surface area contributed by atoms with Gasteiger partial charge in [0.25, 0.3) is 5.91 Å². The lowest BCUT2D eigenvalue weighted by atomic mass is 9.99. The van der Waals surface area contributed by atoms with Crippen LogP contribution in [0.15, 0.2) is 24.3 Å². The second-order valence-electron chi connectivity index (χ2n) is 10.5. The van der Waals surface area contributed by atoms with E-state index in [4.69, 9.17) is 20.9 Å². The number of carbonyl (C=O) groups is 4. The van der Waals surface area contributed by atoms with Crippen LogP contribution >= 0.6 is 0 Å². The molecule has 0 aromatic heterocycles. The van der Waals surface area contributed by atoms with Crippen molar-refractivity contribution < 1.29 is 54.2 Å². The lowest BCUT2D eigenvalue weighted by molar-refractivity contribution is -0.277. The molecule has 4 amide bonds. The molecule has 2 aliphatic heterocycles. The third-order valence-corrected chi connectivity index (χ3v) is 7.45. The van der Waals surface area contributed by atoms with E-state index >= 15 is 0 Å². The summed E-state index contributed by atoms with van der Waals surface area (Å²) in [5.41, 5.74) is 11.0. The molecule has 0 unspecified atom stereocenters. The first-order valence-electron chi connectivity index (χ1n) is 14.1. The number of nitrogens with two attached hydrogens (primary N) is 2. The van der Waals surface area contributed by atoms with Crippen LogP contribution < -0.4 is 26.8 Å². The summed E-state index contributed by atoms with van der Waals surface area (Å²) in [6.45, 7) is -0.667. The van der Waals surface area contributed by atoms with Gasteiger partial charge in [0.1, 0.15) is 48.3 Å². The minimum absolute atomic E-state index is 0.152. The van der Waals surface area contributed by atoms with Gasteiger partial charge in [-0.2, -0.15) is 0 Å². The van der Waals surface area contributed by atoms with Crippen molar-refractivity contribution in [1.82, 2.24) is 15.5 Å². The van der Waals surface area contributed by atoms with E-state index in [9.17, 15) is 44.7 Å². The van der Waals surface area contributed by atoms with Gasteiger partial charge in [-0.25, -0.2) is 0 Å². The molecule has 2 heterocycles. The number of rotatable bonds is 14. The van der Waals surface area contributed by atoms with E-state index in [0.717, 1.165) is 0 Å². The van der Waals surface area contributed by atoms with Gasteiger partial charge in [-0.05, 0) is 62.9 Å². The predicted molar refractivity (Wildman–Crippen MR) is 148 cm³/mol. The maximum atomic E-state index is 13.6. The summed E-state index contributed by atoms with van der Waals surface area (Å²) in [7, 11) is 0. The van der Waals surface area contributed by atoms with Crippen LogP contribution in [-0.2, 0) is 19.1 Å². The van der Waals surface area contributed by atoms with E-state index in [1.165, 1.54) is 29.2 Å².